The number of nitrogens with zero attached hydrogens (tertiary/aromatic N) is 2. The van der Waals surface area contributed by atoms with Gasteiger partial charge in [-0.2, -0.15) is 0 Å². The Balaban J connectivity index is 1.60. The molecule has 0 aliphatic heterocycles. The van der Waals surface area contributed by atoms with E-state index in [0.29, 0.717) is 0 Å². The first-order valence-corrected chi connectivity index (χ1v) is 13.0. The monoisotopic (exact) mass is 436 g/mol. The summed E-state index contributed by atoms with van der Waals surface area (Å²) in [5, 5.41) is 0. The van der Waals surface area contributed by atoms with Crippen molar-refractivity contribution >= 4 is 0 Å². The van der Waals surface area contributed by atoms with Crippen LogP contribution in [-0.2, 0) is 6.42 Å². The van der Waals surface area contributed by atoms with Crippen molar-refractivity contribution < 1.29 is 4.74 Å². The van der Waals surface area contributed by atoms with E-state index in [1.54, 1.807) is 0 Å². The normalized spacial score (nSPS) is 10.9. The molecule has 176 valence electrons. The number of ether oxygens (including phenoxy) is 1. The summed E-state index contributed by atoms with van der Waals surface area (Å²) in [7, 11) is 0. The molecule has 3 nitrogen and oxygen atoms in total. The van der Waals surface area contributed by atoms with E-state index in [9.17, 15) is 0 Å². The van der Waals surface area contributed by atoms with Crippen molar-refractivity contribution in [3.8, 4) is 17.1 Å². The average molecular weight is 437 g/mol. The van der Waals surface area contributed by atoms with Gasteiger partial charge < -0.3 is 4.74 Å². The fourth-order valence-corrected chi connectivity index (χ4v) is 3.91. The third-order valence-electron chi connectivity index (χ3n) is 5.96. The molecule has 0 amide bonds. The molecule has 0 N–H and O–H groups in total. The van der Waals surface area contributed by atoms with Crippen molar-refractivity contribution in [3.05, 3.63) is 54.9 Å². The van der Waals surface area contributed by atoms with E-state index >= 15 is 0 Å². The van der Waals surface area contributed by atoms with Gasteiger partial charge in [0.1, 0.15) is 5.75 Å². The van der Waals surface area contributed by atoms with Gasteiger partial charge in [-0.25, -0.2) is 9.97 Å². The van der Waals surface area contributed by atoms with Gasteiger partial charge in [0.05, 0.1) is 6.61 Å². The Morgan fingerprint density at radius 3 is 1.97 bits per heavy atom. The minimum absolute atomic E-state index is 0.765. The number of allylic oxidation sites excluding steroid dienone is 1. The van der Waals surface area contributed by atoms with Crippen LogP contribution in [0.15, 0.2) is 49.3 Å². The van der Waals surface area contributed by atoms with Crippen LogP contribution < -0.4 is 4.74 Å². The van der Waals surface area contributed by atoms with Gasteiger partial charge in [0.15, 0.2) is 5.82 Å². The lowest BCUT2D eigenvalue weighted by molar-refractivity contribution is 0.305. The summed E-state index contributed by atoms with van der Waals surface area (Å²) < 4.78 is 5.83. The summed E-state index contributed by atoms with van der Waals surface area (Å²) in [6.45, 7) is 6.80. The van der Waals surface area contributed by atoms with Gasteiger partial charge in [0.25, 0.3) is 0 Å². The van der Waals surface area contributed by atoms with Gasteiger partial charge >= 0.3 is 0 Å². The second-order valence-corrected chi connectivity index (χ2v) is 8.86. The summed E-state index contributed by atoms with van der Waals surface area (Å²) in [6, 6.07) is 8.12. The Labute approximate surface area is 196 Å². The third-order valence-corrected chi connectivity index (χ3v) is 5.96. The molecule has 0 atom stereocenters. The molecule has 0 spiro atoms. The van der Waals surface area contributed by atoms with Gasteiger partial charge in [0.2, 0.25) is 0 Å². The molecule has 0 fully saturated rings. The lowest BCUT2D eigenvalue weighted by Gasteiger charge is -2.07. The maximum absolute atomic E-state index is 5.83. The Morgan fingerprint density at radius 2 is 1.34 bits per heavy atom. The number of hydrogen-bond acceptors (Lipinski definition) is 3. The highest BCUT2D eigenvalue weighted by atomic mass is 16.5. The molecule has 1 aromatic heterocycles. The third kappa shape index (κ3) is 11.5. The highest BCUT2D eigenvalue weighted by molar-refractivity contribution is 5.55. The van der Waals surface area contributed by atoms with Crippen LogP contribution in [0.1, 0.15) is 102 Å². The van der Waals surface area contributed by atoms with Crippen molar-refractivity contribution in [2.24, 2.45) is 0 Å². The Morgan fingerprint density at radius 1 is 0.750 bits per heavy atom. The first kappa shape index (κ1) is 26.1. The number of unbranched alkanes of at least 4 members (excludes halogenated alkanes) is 12. The van der Waals surface area contributed by atoms with Crippen molar-refractivity contribution in [2.75, 3.05) is 6.61 Å². The molecule has 3 heteroatoms. The van der Waals surface area contributed by atoms with Crippen molar-refractivity contribution in [3.63, 3.8) is 0 Å². The van der Waals surface area contributed by atoms with E-state index in [4.69, 9.17) is 4.74 Å². The van der Waals surface area contributed by atoms with E-state index in [1.807, 2.05) is 42.7 Å². The van der Waals surface area contributed by atoms with Crippen LogP contribution in [0.25, 0.3) is 11.4 Å². The van der Waals surface area contributed by atoms with Gasteiger partial charge in [0, 0.05) is 18.0 Å². The van der Waals surface area contributed by atoms with Crippen molar-refractivity contribution in [1.82, 2.24) is 9.97 Å². The molecule has 2 rings (SSSR count). The van der Waals surface area contributed by atoms with E-state index < -0.39 is 0 Å². The van der Waals surface area contributed by atoms with Crippen molar-refractivity contribution in [1.29, 1.82) is 0 Å². The molecular formula is C29H44N2O. The summed E-state index contributed by atoms with van der Waals surface area (Å²) in [5.41, 5.74) is 2.28. The zero-order chi connectivity index (χ0) is 22.7. The quantitative estimate of drug-likeness (QED) is 0.163. The van der Waals surface area contributed by atoms with Crippen LogP contribution in [0.2, 0.25) is 0 Å². The van der Waals surface area contributed by atoms with Crippen LogP contribution in [-0.4, -0.2) is 16.6 Å². The van der Waals surface area contributed by atoms with Gasteiger partial charge in [-0.15, -0.1) is 6.58 Å². The van der Waals surface area contributed by atoms with Crippen molar-refractivity contribution in [2.45, 2.75) is 103 Å². The minimum Gasteiger partial charge on any atom is -0.494 e. The molecule has 0 saturated heterocycles. The SMILES string of the molecule is C=CCCCCCOc1ccc(-c2ncc(CCCCCCCCCCCC)cn2)cc1. The zero-order valence-electron chi connectivity index (χ0n) is 20.4. The predicted molar refractivity (Wildman–Crippen MR) is 137 cm³/mol. The standard InChI is InChI=1S/C29H44N2O/c1-3-5-7-9-10-11-12-13-14-16-18-26-24-30-29(31-25-26)27-19-21-28(22-20-27)32-23-17-15-8-6-4-2/h4,19-22,24-25H,2-3,5-18,23H2,1H3. The number of rotatable bonds is 19. The van der Waals surface area contributed by atoms with E-state index in [0.717, 1.165) is 43.0 Å². The molecule has 0 bridgehead atoms. The first-order chi connectivity index (χ1) is 15.8. The molecule has 1 aromatic carbocycles. The van der Waals surface area contributed by atoms with Gasteiger partial charge in [-0.3, -0.25) is 0 Å². The average Bonchev–Trinajstić information content (AvgIpc) is 2.83. The smallest absolute Gasteiger partial charge is 0.159 e. The molecule has 1 heterocycles. The van der Waals surface area contributed by atoms with Gasteiger partial charge in [-0.05, 0) is 68.4 Å². The highest BCUT2D eigenvalue weighted by Gasteiger charge is 2.03. The lowest BCUT2D eigenvalue weighted by Crippen LogP contribution is -1.97. The second-order valence-electron chi connectivity index (χ2n) is 8.86. The highest BCUT2D eigenvalue weighted by Crippen LogP contribution is 2.20. The summed E-state index contributed by atoms with van der Waals surface area (Å²) in [6.07, 6.45) is 25.3. The first-order valence-electron chi connectivity index (χ1n) is 13.0. The van der Waals surface area contributed by atoms with Gasteiger partial charge in [-0.1, -0.05) is 70.8 Å². The zero-order valence-corrected chi connectivity index (χ0v) is 20.4. The predicted octanol–water partition coefficient (Wildman–Crippen LogP) is 8.73. The van der Waals surface area contributed by atoms with Crippen LogP contribution in [0.4, 0.5) is 0 Å². The van der Waals surface area contributed by atoms with E-state index in [1.165, 1.54) is 82.6 Å². The molecule has 0 radical (unpaired) electrons. The number of aryl methyl sites for hydroxylation is 1. The number of hydrogen-bond donors (Lipinski definition) is 0. The number of benzene rings is 1. The molecule has 0 aliphatic carbocycles. The van der Waals surface area contributed by atoms with Crippen LogP contribution in [0, 0.1) is 0 Å². The molecule has 0 unspecified atom stereocenters. The molecular weight excluding hydrogens is 392 g/mol. The Kier molecular flexibility index (Phi) is 14.2. The maximum Gasteiger partial charge on any atom is 0.159 e. The van der Waals surface area contributed by atoms with Crippen LogP contribution >= 0.6 is 0 Å². The van der Waals surface area contributed by atoms with E-state index in [2.05, 4.69) is 23.5 Å². The summed E-state index contributed by atoms with van der Waals surface area (Å²) in [5.74, 6) is 1.70. The van der Waals surface area contributed by atoms with Crippen LogP contribution in [0.5, 0.6) is 5.75 Å². The van der Waals surface area contributed by atoms with E-state index in [-0.39, 0.29) is 0 Å². The molecule has 0 aliphatic rings. The number of aromatic nitrogens is 2. The lowest BCUT2D eigenvalue weighted by atomic mass is 10.0. The largest absolute Gasteiger partial charge is 0.494 e. The molecule has 32 heavy (non-hydrogen) atoms. The fraction of sp³-hybridized carbons (Fsp3) is 0.586. The second kappa shape index (κ2) is 17.4. The Bertz CT molecular complexity index is 709. The summed E-state index contributed by atoms with van der Waals surface area (Å²) in [4.78, 5) is 9.17. The topological polar surface area (TPSA) is 35.0 Å². The Hall–Kier alpha value is -2.16. The van der Waals surface area contributed by atoms with Crippen LogP contribution in [0.3, 0.4) is 0 Å². The fourth-order valence-electron chi connectivity index (χ4n) is 3.91. The maximum atomic E-state index is 5.83. The molecule has 2 aromatic rings. The minimum atomic E-state index is 0.765. The molecule has 0 saturated carbocycles. The summed E-state index contributed by atoms with van der Waals surface area (Å²) >= 11 is 0.